The molecule has 2 heterocycles. The number of carbonyl (C=O) groups excluding carboxylic acids is 1. The van der Waals surface area contributed by atoms with E-state index in [0.717, 1.165) is 47.7 Å². The van der Waals surface area contributed by atoms with Crippen molar-refractivity contribution in [2.75, 3.05) is 23.3 Å². The molecule has 0 spiro atoms. The molecule has 5 heteroatoms. The van der Waals surface area contributed by atoms with E-state index in [1.54, 1.807) is 0 Å². The number of nitrogens with zero attached hydrogens (tertiary/aromatic N) is 3. The van der Waals surface area contributed by atoms with E-state index in [0.29, 0.717) is 6.54 Å². The van der Waals surface area contributed by atoms with E-state index >= 15 is 0 Å². The van der Waals surface area contributed by atoms with Crippen LogP contribution in [0.25, 0.3) is 0 Å². The van der Waals surface area contributed by atoms with E-state index in [2.05, 4.69) is 26.5 Å². The van der Waals surface area contributed by atoms with Crippen LogP contribution in [-0.2, 0) is 4.79 Å². The Kier molecular flexibility index (Phi) is 4.79. The third kappa shape index (κ3) is 3.91. The first-order valence-electron chi connectivity index (χ1n) is 8.46. The summed E-state index contributed by atoms with van der Waals surface area (Å²) in [5.41, 5.74) is 4.10. The summed E-state index contributed by atoms with van der Waals surface area (Å²) in [6, 6.07) is 10.1. The third-order valence-corrected chi connectivity index (χ3v) is 4.39. The molecule has 1 saturated heterocycles. The Morgan fingerprint density at radius 3 is 2.54 bits per heavy atom. The smallest absolute Gasteiger partial charge is 0.229 e. The number of aromatic nitrogens is 2. The number of aryl methyl sites for hydroxylation is 3. The number of hydrogen-bond acceptors (Lipinski definition) is 4. The van der Waals surface area contributed by atoms with Crippen molar-refractivity contribution in [1.29, 1.82) is 0 Å². The van der Waals surface area contributed by atoms with Crippen LogP contribution < -0.4 is 10.2 Å². The lowest BCUT2D eigenvalue weighted by atomic mass is 9.97. The summed E-state index contributed by atoms with van der Waals surface area (Å²) in [7, 11) is 0. The molecule has 1 N–H and O–H groups in total. The van der Waals surface area contributed by atoms with Crippen LogP contribution in [0.15, 0.2) is 30.3 Å². The van der Waals surface area contributed by atoms with Crippen molar-refractivity contribution in [2.24, 2.45) is 5.92 Å². The Labute approximate surface area is 143 Å². The lowest BCUT2D eigenvalue weighted by molar-refractivity contribution is -0.120. The summed E-state index contributed by atoms with van der Waals surface area (Å²) in [5, 5.41) is 11.4. The van der Waals surface area contributed by atoms with Crippen LogP contribution >= 0.6 is 0 Å². The topological polar surface area (TPSA) is 58.1 Å². The number of anilines is 2. The van der Waals surface area contributed by atoms with Crippen LogP contribution in [0, 0.1) is 26.7 Å². The van der Waals surface area contributed by atoms with Crippen LogP contribution in [0.3, 0.4) is 0 Å². The Bertz CT molecular complexity index is 706. The van der Waals surface area contributed by atoms with Crippen molar-refractivity contribution < 1.29 is 4.79 Å². The molecule has 0 radical (unpaired) electrons. The molecular formula is C19H24N4O. The first-order valence-corrected chi connectivity index (χ1v) is 8.46. The monoisotopic (exact) mass is 324 g/mol. The van der Waals surface area contributed by atoms with Crippen LogP contribution in [0.2, 0.25) is 0 Å². The van der Waals surface area contributed by atoms with Crippen LogP contribution in [-0.4, -0.2) is 29.2 Å². The molecule has 0 aliphatic carbocycles. The highest BCUT2D eigenvalue weighted by atomic mass is 16.1. The summed E-state index contributed by atoms with van der Waals surface area (Å²) in [6.07, 6.45) is 1.90. The van der Waals surface area contributed by atoms with Gasteiger partial charge in [-0.1, -0.05) is 6.07 Å². The van der Waals surface area contributed by atoms with Crippen molar-refractivity contribution in [3.05, 3.63) is 47.2 Å². The Morgan fingerprint density at radius 2 is 1.88 bits per heavy atom. The third-order valence-electron chi connectivity index (χ3n) is 4.39. The molecule has 1 aromatic carbocycles. The molecule has 1 fully saturated rings. The van der Waals surface area contributed by atoms with Crippen LogP contribution in [0.5, 0.6) is 0 Å². The maximum atomic E-state index is 12.6. The van der Waals surface area contributed by atoms with Gasteiger partial charge in [-0.2, -0.15) is 5.10 Å². The molecule has 3 rings (SSSR count). The SMILES string of the molecule is Cc1cc(C)cc(NC(=O)C2CCCN(c3ccc(C)nn3)C2)c1. The zero-order chi connectivity index (χ0) is 17.1. The molecule has 1 unspecified atom stereocenters. The first kappa shape index (κ1) is 16.4. The van der Waals surface area contributed by atoms with E-state index in [1.165, 1.54) is 0 Å². The highest BCUT2D eigenvalue weighted by molar-refractivity contribution is 5.93. The molecule has 1 atom stereocenters. The highest BCUT2D eigenvalue weighted by Gasteiger charge is 2.26. The fraction of sp³-hybridized carbons (Fsp3) is 0.421. The van der Waals surface area contributed by atoms with Crippen molar-refractivity contribution >= 4 is 17.4 Å². The van der Waals surface area contributed by atoms with Gasteiger partial charge in [-0.25, -0.2) is 0 Å². The van der Waals surface area contributed by atoms with Gasteiger partial charge in [0.1, 0.15) is 0 Å². The Balaban J connectivity index is 1.67. The predicted octanol–water partition coefficient (Wildman–Crippen LogP) is 3.26. The second-order valence-electron chi connectivity index (χ2n) is 6.68. The van der Waals surface area contributed by atoms with E-state index in [-0.39, 0.29) is 11.8 Å². The van der Waals surface area contributed by atoms with Gasteiger partial charge in [0, 0.05) is 18.8 Å². The van der Waals surface area contributed by atoms with Gasteiger partial charge in [-0.15, -0.1) is 5.10 Å². The zero-order valence-corrected chi connectivity index (χ0v) is 14.5. The second kappa shape index (κ2) is 6.99. The molecule has 0 bridgehead atoms. The Hall–Kier alpha value is -2.43. The number of benzene rings is 1. The van der Waals surface area contributed by atoms with E-state index in [9.17, 15) is 4.79 Å². The quantitative estimate of drug-likeness (QED) is 0.941. The molecule has 2 aromatic rings. The molecule has 1 aliphatic rings. The van der Waals surface area contributed by atoms with Gasteiger partial charge in [-0.3, -0.25) is 4.79 Å². The maximum absolute atomic E-state index is 12.6. The number of nitrogens with one attached hydrogen (secondary N) is 1. The van der Waals surface area contributed by atoms with Gasteiger partial charge in [0.2, 0.25) is 5.91 Å². The molecule has 1 amide bonds. The van der Waals surface area contributed by atoms with Gasteiger partial charge in [-0.05, 0) is 69.0 Å². The van der Waals surface area contributed by atoms with Gasteiger partial charge in [0.05, 0.1) is 11.6 Å². The van der Waals surface area contributed by atoms with Gasteiger partial charge >= 0.3 is 0 Å². The lowest BCUT2D eigenvalue weighted by Crippen LogP contribution is -2.41. The summed E-state index contributed by atoms with van der Waals surface area (Å²) >= 11 is 0. The summed E-state index contributed by atoms with van der Waals surface area (Å²) in [4.78, 5) is 14.8. The van der Waals surface area contributed by atoms with E-state index < -0.39 is 0 Å². The second-order valence-corrected chi connectivity index (χ2v) is 6.68. The average Bonchev–Trinajstić information content (AvgIpc) is 2.54. The van der Waals surface area contributed by atoms with E-state index in [4.69, 9.17) is 0 Å². The molecule has 126 valence electrons. The Morgan fingerprint density at radius 1 is 1.12 bits per heavy atom. The molecule has 0 saturated carbocycles. The molecule has 24 heavy (non-hydrogen) atoms. The maximum Gasteiger partial charge on any atom is 0.229 e. The van der Waals surface area contributed by atoms with Gasteiger partial charge in [0.15, 0.2) is 5.82 Å². The summed E-state index contributed by atoms with van der Waals surface area (Å²) in [5.74, 6) is 0.914. The number of carbonyl (C=O) groups is 1. The summed E-state index contributed by atoms with van der Waals surface area (Å²) in [6.45, 7) is 7.62. The minimum Gasteiger partial charge on any atom is -0.354 e. The molecule has 1 aromatic heterocycles. The van der Waals surface area contributed by atoms with Crippen LogP contribution in [0.4, 0.5) is 11.5 Å². The van der Waals surface area contributed by atoms with Crippen molar-refractivity contribution in [1.82, 2.24) is 10.2 Å². The predicted molar refractivity (Wildman–Crippen MR) is 96.3 cm³/mol. The minimum atomic E-state index is -0.0253. The van der Waals surface area contributed by atoms with Crippen molar-refractivity contribution in [3.8, 4) is 0 Å². The first-order chi connectivity index (χ1) is 11.5. The molecule has 5 nitrogen and oxygen atoms in total. The largest absolute Gasteiger partial charge is 0.354 e. The van der Waals surface area contributed by atoms with Crippen molar-refractivity contribution in [3.63, 3.8) is 0 Å². The highest BCUT2D eigenvalue weighted by Crippen LogP contribution is 2.23. The zero-order valence-electron chi connectivity index (χ0n) is 14.5. The number of piperidine rings is 1. The fourth-order valence-corrected chi connectivity index (χ4v) is 3.25. The average molecular weight is 324 g/mol. The fourth-order valence-electron chi connectivity index (χ4n) is 3.25. The number of hydrogen-bond donors (Lipinski definition) is 1. The summed E-state index contributed by atoms with van der Waals surface area (Å²) < 4.78 is 0. The van der Waals surface area contributed by atoms with Crippen LogP contribution in [0.1, 0.15) is 29.7 Å². The van der Waals surface area contributed by atoms with E-state index in [1.807, 2.05) is 45.0 Å². The molecule has 1 aliphatic heterocycles. The van der Waals surface area contributed by atoms with Crippen molar-refractivity contribution in [2.45, 2.75) is 33.6 Å². The number of amides is 1. The lowest BCUT2D eigenvalue weighted by Gasteiger charge is -2.32. The standard InChI is InChI=1S/C19H24N4O/c1-13-9-14(2)11-17(10-13)20-19(24)16-5-4-8-23(12-16)18-7-6-15(3)21-22-18/h6-7,9-11,16H,4-5,8,12H2,1-3H3,(H,20,24). The molecular weight excluding hydrogens is 300 g/mol. The van der Waals surface area contributed by atoms with Gasteiger partial charge < -0.3 is 10.2 Å². The normalized spacial score (nSPS) is 17.6. The number of rotatable bonds is 3. The minimum absolute atomic E-state index is 0.0253. The van der Waals surface area contributed by atoms with Gasteiger partial charge in [0.25, 0.3) is 0 Å².